The highest BCUT2D eigenvalue weighted by Gasteiger charge is 2.23. The number of hydrogen-bond acceptors (Lipinski definition) is 6. The Morgan fingerprint density at radius 1 is 1.10 bits per heavy atom. The monoisotopic (exact) mass is 450 g/mol. The summed E-state index contributed by atoms with van der Waals surface area (Å²) in [5, 5.41) is 8.50. The first-order valence-corrected chi connectivity index (χ1v) is 9.94. The fraction of sp³-hybridized carbons (Fsp3) is 0.250. The van der Waals surface area contributed by atoms with E-state index in [2.05, 4.69) is 15.1 Å². The molecule has 1 aromatic carbocycles. The summed E-state index contributed by atoms with van der Waals surface area (Å²) in [6, 6.07) is 9.52. The maximum Gasteiger partial charge on any atom is 0.260 e. The SMILES string of the molecule is O=C(COc1c(Cl)cc(F)cc1Cl)N1CCN(c2ccc(-c3ccco3)nn2)CC1. The van der Waals surface area contributed by atoms with Gasteiger partial charge in [-0.1, -0.05) is 23.2 Å². The first-order chi connectivity index (χ1) is 14.5. The number of anilines is 1. The molecule has 1 amide bonds. The lowest BCUT2D eigenvalue weighted by Gasteiger charge is -2.35. The van der Waals surface area contributed by atoms with Crippen LogP contribution in [0, 0.1) is 5.82 Å². The molecular weight excluding hydrogens is 434 g/mol. The van der Waals surface area contributed by atoms with E-state index in [-0.39, 0.29) is 28.3 Å². The van der Waals surface area contributed by atoms with Crippen molar-refractivity contribution in [3.8, 4) is 17.2 Å². The van der Waals surface area contributed by atoms with E-state index < -0.39 is 5.82 Å². The highest BCUT2D eigenvalue weighted by Crippen LogP contribution is 2.33. The van der Waals surface area contributed by atoms with Gasteiger partial charge < -0.3 is 19.0 Å². The molecule has 30 heavy (non-hydrogen) atoms. The van der Waals surface area contributed by atoms with Gasteiger partial charge in [-0.05, 0) is 36.4 Å². The quantitative estimate of drug-likeness (QED) is 0.586. The minimum atomic E-state index is -0.569. The maximum atomic E-state index is 13.2. The number of amides is 1. The molecule has 0 radical (unpaired) electrons. The fourth-order valence-electron chi connectivity index (χ4n) is 3.13. The summed E-state index contributed by atoms with van der Waals surface area (Å²) in [6.07, 6.45) is 1.59. The molecule has 2 aromatic heterocycles. The second-order valence-corrected chi connectivity index (χ2v) is 7.42. The Kier molecular flexibility index (Phi) is 6.06. The van der Waals surface area contributed by atoms with Gasteiger partial charge in [-0.2, -0.15) is 0 Å². The summed E-state index contributed by atoms with van der Waals surface area (Å²) in [4.78, 5) is 16.2. The topological polar surface area (TPSA) is 71.7 Å². The summed E-state index contributed by atoms with van der Waals surface area (Å²) < 4.78 is 24.0. The molecular formula is C20H17Cl2FN4O3. The molecule has 1 aliphatic heterocycles. The predicted octanol–water partition coefficient (Wildman–Crippen LogP) is 3.91. The largest absolute Gasteiger partial charge is 0.481 e. The number of furan rings is 1. The Labute approximate surface area is 181 Å². The van der Waals surface area contributed by atoms with Crippen molar-refractivity contribution in [1.82, 2.24) is 15.1 Å². The number of carbonyl (C=O) groups is 1. The third kappa shape index (κ3) is 4.49. The summed E-state index contributed by atoms with van der Waals surface area (Å²) in [5.41, 5.74) is 0.660. The third-order valence-corrected chi connectivity index (χ3v) is 5.25. The molecule has 0 aliphatic carbocycles. The highest BCUT2D eigenvalue weighted by molar-refractivity contribution is 6.37. The van der Waals surface area contributed by atoms with E-state index in [0.717, 1.165) is 18.0 Å². The molecule has 3 aromatic rings. The lowest BCUT2D eigenvalue weighted by atomic mass is 10.2. The lowest BCUT2D eigenvalue weighted by Crippen LogP contribution is -2.50. The first kappa shape index (κ1) is 20.4. The molecule has 0 spiro atoms. The van der Waals surface area contributed by atoms with Crippen LogP contribution in [-0.2, 0) is 4.79 Å². The average molecular weight is 451 g/mol. The molecule has 0 bridgehead atoms. The van der Waals surface area contributed by atoms with E-state index in [4.69, 9.17) is 32.4 Å². The lowest BCUT2D eigenvalue weighted by molar-refractivity contribution is -0.133. The zero-order chi connectivity index (χ0) is 21.1. The zero-order valence-corrected chi connectivity index (χ0v) is 17.2. The van der Waals surface area contributed by atoms with Crippen molar-refractivity contribution in [3.63, 3.8) is 0 Å². The van der Waals surface area contributed by atoms with Gasteiger partial charge in [0.05, 0.1) is 16.3 Å². The van der Waals surface area contributed by atoms with E-state index in [1.165, 1.54) is 0 Å². The van der Waals surface area contributed by atoms with Gasteiger partial charge in [-0.25, -0.2) is 4.39 Å². The van der Waals surface area contributed by atoms with Crippen LogP contribution in [0.2, 0.25) is 10.0 Å². The molecule has 1 aliphatic rings. The minimum absolute atomic E-state index is 0.0224. The van der Waals surface area contributed by atoms with Crippen LogP contribution in [0.1, 0.15) is 0 Å². The second-order valence-electron chi connectivity index (χ2n) is 6.61. The molecule has 7 nitrogen and oxygen atoms in total. The van der Waals surface area contributed by atoms with Crippen LogP contribution >= 0.6 is 23.2 Å². The highest BCUT2D eigenvalue weighted by atomic mass is 35.5. The Balaban J connectivity index is 1.30. The fourth-order valence-corrected chi connectivity index (χ4v) is 3.70. The van der Waals surface area contributed by atoms with Crippen LogP contribution in [0.25, 0.3) is 11.5 Å². The van der Waals surface area contributed by atoms with Gasteiger partial charge in [0.2, 0.25) is 0 Å². The van der Waals surface area contributed by atoms with E-state index in [1.54, 1.807) is 17.2 Å². The van der Waals surface area contributed by atoms with Crippen LogP contribution in [0.4, 0.5) is 10.2 Å². The van der Waals surface area contributed by atoms with Crippen molar-refractivity contribution in [2.45, 2.75) is 0 Å². The number of ether oxygens (including phenoxy) is 1. The van der Waals surface area contributed by atoms with Gasteiger partial charge in [-0.15, -0.1) is 10.2 Å². The standard InChI is InChI=1S/C20H17Cl2FN4O3/c21-14-10-13(23)11-15(22)20(14)30-12-19(28)27-7-5-26(6-8-27)18-4-3-16(24-25-18)17-2-1-9-29-17/h1-4,9-11H,5-8,12H2. The molecule has 0 unspecified atom stereocenters. The summed E-state index contributed by atoms with van der Waals surface area (Å²) in [7, 11) is 0. The molecule has 1 fully saturated rings. The number of rotatable bonds is 5. The van der Waals surface area contributed by atoms with Gasteiger partial charge in [0.1, 0.15) is 11.5 Å². The van der Waals surface area contributed by atoms with Crippen LogP contribution < -0.4 is 9.64 Å². The van der Waals surface area contributed by atoms with Crippen LogP contribution in [0.15, 0.2) is 47.1 Å². The van der Waals surface area contributed by atoms with Crippen LogP contribution in [0.5, 0.6) is 5.75 Å². The maximum absolute atomic E-state index is 13.2. The summed E-state index contributed by atoms with van der Waals surface area (Å²) >= 11 is 11.9. The molecule has 156 valence electrons. The number of halogens is 3. The van der Waals surface area contributed by atoms with Crippen molar-refractivity contribution in [1.29, 1.82) is 0 Å². The number of benzene rings is 1. The predicted molar refractivity (Wildman–Crippen MR) is 110 cm³/mol. The molecule has 10 heteroatoms. The van der Waals surface area contributed by atoms with Crippen molar-refractivity contribution in [3.05, 3.63) is 58.5 Å². The number of carbonyl (C=O) groups excluding carboxylic acids is 1. The van der Waals surface area contributed by atoms with Gasteiger partial charge in [0, 0.05) is 26.2 Å². The molecule has 1 saturated heterocycles. The van der Waals surface area contributed by atoms with Crippen molar-refractivity contribution in [2.24, 2.45) is 0 Å². The smallest absolute Gasteiger partial charge is 0.260 e. The number of aromatic nitrogens is 2. The van der Waals surface area contributed by atoms with Gasteiger partial charge in [-0.3, -0.25) is 4.79 Å². The third-order valence-electron chi connectivity index (χ3n) is 4.68. The summed E-state index contributed by atoms with van der Waals surface area (Å²) in [6.45, 7) is 2.00. The number of hydrogen-bond donors (Lipinski definition) is 0. The number of piperazine rings is 1. The average Bonchev–Trinajstić information content (AvgIpc) is 3.28. The van der Waals surface area contributed by atoms with Gasteiger partial charge in [0.25, 0.3) is 5.91 Å². The van der Waals surface area contributed by atoms with E-state index in [1.807, 2.05) is 18.2 Å². The first-order valence-electron chi connectivity index (χ1n) is 9.19. The zero-order valence-electron chi connectivity index (χ0n) is 15.7. The van der Waals surface area contributed by atoms with Crippen LogP contribution in [-0.4, -0.2) is 53.8 Å². The summed E-state index contributed by atoms with van der Waals surface area (Å²) in [5.74, 6) is 0.716. The van der Waals surface area contributed by atoms with Crippen molar-refractivity contribution >= 4 is 34.9 Å². The van der Waals surface area contributed by atoms with E-state index in [0.29, 0.717) is 37.6 Å². The van der Waals surface area contributed by atoms with Crippen molar-refractivity contribution in [2.75, 3.05) is 37.7 Å². The molecule has 0 saturated carbocycles. The molecule has 3 heterocycles. The van der Waals surface area contributed by atoms with Crippen LogP contribution in [0.3, 0.4) is 0 Å². The number of nitrogens with zero attached hydrogens (tertiary/aromatic N) is 4. The van der Waals surface area contributed by atoms with E-state index >= 15 is 0 Å². The molecule has 0 atom stereocenters. The van der Waals surface area contributed by atoms with Gasteiger partial charge >= 0.3 is 0 Å². The molecule has 4 rings (SSSR count). The normalized spacial score (nSPS) is 14.1. The minimum Gasteiger partial charge on any atom is -0.481 e. The van der Waals surface area contributed by atoms with Gasteiger partial charge in [0.15, 0.2) is 23.9 Å². The Bertz CT molecular complexity index is 1000. The Morgan fingerprint density at radius 2 is 1.83 bits per heavy atom. The second kappa shape index (κ2) is 8.89. The Morgan fingerprint density at radius 3 is 2.43 bits per heavy atom. The Hall–Kier alpha value is -2.84. The van der Waals surface area contributed by atoms with Crippen molar-refractivity contribution < 1.29 is 18.3 Å². The molecule has 0 N–H and O–H groups in total. The van der Waals surface area contributed by atoms with E-state index in [9.17, 15) is 9.18 Å².